The minimum Gasteiger partial charge on any atom is -0.480 e. The number of pyridine rings is 1. The van der Waals surface area contributed by atoms with Gasteiger partial charge in [-0.3, -0.25) is 14.8 Å². The van der Waals surface area contributed by atoms with E-state index in [1.165, 1.54) is 23.0 Å². The molecule has 0 bridgehead atoms. The molecule has 9 nitrogen and oxygen atoms in total. The first-order chi connectivity index (χ1) is 16.1. The van der Waals surface area contributed by atoms with Gasteiger partial charge in [0.25, 0.3) is 0 Å². The summed E-state index contributed by atoms with van der Waals surface area (Å²) in [6.07, 6.45) is 5.03. The van der Waals surface area contributed by atoms with Gasteiger partial charge in [-0.15, -0.1) is 0 Å². The highest BCUT2D eigenvalue weighted by Crippen LogP contribution is 2.35. The van der Waals surface area contributed by atoms with Crippen molar-refractivity contribution in [2.75, 3.05) is 5.88 Å². The van der Waals surface area contributed by atoms with E-state index in [9.17, 15) is 13.2 Å². The molecule has 180 valence electrons. The van der Waals surface area contributed by atoms with Crippen molar-refractivity contribution in [1.29, 1.82) is 0 Å². The first kappa shape index (κ1) is 24.9. The molecule has 1 aliphatic rings. The van der Waals surface area contributed by atoms with Gasteiger partial charge in [0.15, 0.2) is 9.84 Å². The molecule has 3 aromatic rings. The fourth-order valence-corrected chi connectivity index (χ4v) is 5.70. The summed E-state index contributed by atoms with van der Waals surface area (Å²) in [6, 6.07) is 5.90. The van der Waals surface area contributed by atoms with Gasteiger partial charge in [-0.25, -0.2) is 13.4 Å². The quantitative estimate of drug-likeness (QED) is 0.390. The smallest absolute Gasteiger partial charge is 0.325 e. The first-order valence-electron chi connectivity index (χ1n) is 10.1. The van der Waals surface area contributed by atoms with Crippen molar-refractivity contribution in [1.82, 2.24) is 20.1 Å². The Labute approximate surface area is 214 Å². The summed E-state index contributed by atoms with van der Waals surface area (Å²) < 4.78 is 33.4. The first-order valence-corrected chi connectivity index (χ1v) is 13.3. The maximum atomic E-state index is 13.0. The Bertz CT molecular complexity index is 1350. The molecular weight excluding hydrogens is 571 g/mol. The van der Waals surface area contributed by atoms with E-state index >= 15 is 0 Å². The van der Waals surface area contributed by atoms with Gasteiger partial charge in [-0.1, -0.05) is 23.2 Å². The topological polar surface area (TPSA) is 123 Å². The highest BCUT2D eigenvalue weighted by atomic mass is 79.9. The molecule has 34 heavy (non-hydrogen) atoms. The monoisotopic (exact) mass is 588 g/mol. The van der Waals surface area contributed by atoms with Gasteiger partial charge < -0.3 is 9.84 Å². The number of benzene rings is 1. The fourth-order valence-electron chi connectivity index (χ4n) is 3.70. The highest BCUT2D eigenvalue weighted by Gasteiger charge is 2.27. The van der Waals surface area contributed by atoms with Gasteiger partial charge in [-0.05, 0) is 53.4 Å². The zero-order valence-corrected chi connectivity index (χ0v) is 21.5. The molecular formula is C21H19BrCl2N4O5S. The molecule has 0 fully saturated rings. The summed E-state index contributed by atoms with van der Waals surface area (Å²) >= 11 is 15.4. The van der Waals surface area contributed by atoms with Crippen molar-refractivity contribution < 1.29 is 23.1 Å². The van der Waals surface area contributed by atoms with E-state index < -0.39 is 15.8 Å². The molecule has 0 saturated heterocycles. The summed E-state index contributed by atoms with van der Waals surface area (Å²) in [5, 5.41) is 17.0. The van der Waals surface area contributed by atoms with E-state index in [0.29, 0.717) is 20.9 Å². The number of fused-ring (bicyclic) bond motifs is 1. The van der Waals surface area contributed by atoms with Gasteiger partial charge in [0.1, 0.15) is 18.2 Å². The number of ether oxygens (including phenoxy) is 1. The number of nitrogens with zero attached hydrogens (tertiary/aromatic N) is 3. The lowest BCUT2D eigenvalue weighted by Gasteiger charge is -2.24. The van der Waals surface area contributed by atoms with Crippen LogP contribution in [0, 0.1) is 0 Å². The summed E-state index contributed by atoms with van der Waals surface area (Å²) in [5.41, 5.74) is 1.64. The van der Waals surface area contributed by atoms with Crippen LogP contribution in [0.25, 0.3) is 0 Å². The summed E-state index contributed by atoms with van der Waals surface area (Å²) in [6.45, 7) is -0.227. The second kappa shape index (κ2) is 10.2. The maximum Gasteiger partial charge on any atom is 0.325 e. The lowest BCUT2D eigenvalue weighted by Crippen LogP contribution is -2.30. The molecule has 1 aromatic carbocycles. The number of carboxylic acid groups (broad SMARTS) is 1. The number of carbonyl (C=O) groups is 1. The van der Waals surface area contributed by atoms with Crippen LogP contribution in [0.4, 0.5) is 0 Å². The van der Waals surface area contributed by atoms with Gasteiger partial charge in [0.05, 0.1) is 20.6 Å². The average molecular weight is 590 g/mol. The standard InChI is InChI=1S/C21H19BrCl2N4O5S/c22-15-7-13(8-25-21(15)33-19-6-12(23)4-5-16(19)24)34(31,32)11-26-17-2-1-3-18-14(17)9-27-28(18)10-20(29)30/h4-9,17,26H,1-3,10-11H2,(H,29,30)/t17-/m1/s1. The number of halogens is 3. The Hall–Kier alpha value is -2.18. The van der Waals surface area contributed by atoms with Crippen molar-refractivity contribution in [2.45, 2.75) is 36.7 Å². The van der Waals surface area contributed by atoms with Crippen molar-refractivity contribution in [3.63, 3.8) is 0 Å². The molecule has 0 amide bonds. The average Bonchev–Trinajstić information content (AvgIpc) is 3.19. The Morgan fingerprint density at radius 1 is 1.29 bits per heavy atom. The van der Waals surface area contributed by atoms with E-state index in [0.717, 1.165) is 24.1 Å². The Morgan fingerprint density at radius 3 is 2.82 bits per heavy atom. The van der Waals surface area contributed by atoms with E-state index in [4.69, 9.17) is 33.0 Å². The second-order valence-electron chi connectivity index (χ2n) is 7.64. The third kappa shape index (κ3) is 5.55. The number of carboxylic acids is 1. The minimum absolute atomic E-state index is 0.00835. The van der Waals surface area contributed by atoms with Crippen LogP contribution in [0.1, 0.15) is 30.1 Å². The van der Waals surface area contributed by atoms with Crippen LogP contribution in [-0.2, 0) is 27.6 Å². The Morgan fingerprint density at radius 2 is 2.09 bits per heavy atom. The molecule has 1 aliphatic carbocycles. The number of nitrogens with one attached hydrogen (secondary N) is 1. The third-order valence-corrected chi connectivity index (χ3v) is 7.91. The van der Waals surface area contributed by atoms with E-state index in [1.54, 1.807) is 18.3 Å². The van der Waals surface area contributed by atoms with Crippen LogP contribution in [0.15, 0.2) is 46.0 Å². The van der Waals surface area contributed by atoms with E-state index in [-0.39, 0.29) is 35.0 Å². The molecule has 0 radical (unpaired) electrons. The molecule has 13 heteroatoms. The number of hydrogen-bond donors (Lipinski definition) is 2. The zero-order chi connectivity index (χ0) is 24.5. The third-order valence-electron chi connectivity index (χ3n) is 5.31. The van der Waals surface area contributed by atoms with Crippen molar-refractivity contribution in [2.24, 2.45) is 0 Å². The molecule has 2 aromatic heterocycles. The highest BCUT2D eigenvalue weighted by molar-refractivity contribution is 9.10. The predicted molar refractivity (Wildman–Crippen MR) is 129 cm³/mol. The molecule has 2 N–H and O–H groups in total. The predicted octanol–water partition coefficient (Wildman–Crippen LogP) is 4.62. The summed E-state index contributed by atoms with van der Waals surface area (Å²) in [5.74, 6) is -0.878. The van der Waals surface area contributed by atoms with Gasteiger partial charge >= 0.3 is 5.97 Å². The van der Waals surface area contributed by atoms with Gasteiger partial charge in [-0.2, -0.15) is 5.10 Å². The number of sulfone groups is 1. The fraction of sp³-hybridized carbons (Fsp3) is 0.286. The van der Waals surface area contributed by atoms with Crippen LogP contribution in [-0.4, -0.2) is 40.1 Å². The molecule has 4 rings (SSSR count). The Balaban J connectivity index is 1.47. The SMILES string of the molecule is O=C(O)Cn1ncc2c1CCC[C@H]2NCS(=O)(=O)c1cnc(Oc2cc(Cl)ccc2Cl)c(Br)c1. The number of aliphatic carboxylic acids is 1. The van der Waals surface area contributed by atoms with Crippen molar-refractivity contribution in [3.8, 4) is 11.6 Å². The maximum absolute atomic E-state index is 13.0. The summed E-state index contributed by atoms with van der Waals surface area (Å²) in [4.78, 5) is 15.2. The van der Waals surface area contributed by atoms with Gasteiger partial charge in [0.2, 0.25) is 5.88 Å². The number of hydrogen-bond acceptors (Lipinski definition) is 7. The Kier molecular flexibility index (Phi) is 7.48. The number of rotatable bonds is 8. The van der Waals surface area contributed by atoms with Crippen molar-refractivity contribution in [3.05, 3.63) is 62.4 Å². The van der Waals surface area contributed by atoms with Crippen LogP contribution in [0.5, 0.6) is 11.6 Å². The molecule has 0 unspecified atom stereocenters. The summed E-state index contributed by atoms with van der Waals surface area (Å²) in [7, 11) is -3.73. The molecule has 0 spiro atoms. The van der Waals surface area contributed by atoms with Gasteiger partial charge in [0, 0.05) is 34.6 Å². The van der Waals surface area contributed by atoms with Crippen LogP contribution in [0.3, 0.4) is 0 Å². The molecule has 1 atom stereocenters. The van der Waals surface area contributed by atoms with E-state index in [2.05, 4.69) is 31.3 Å². The lowest BCUT2D eigenvalue weighted by molar-refractivity contribution is -0.137. The minimum atomic E-state index is -3.73. The van der Waals surface area contributed by atoms with Crippen LogP contribution in [0.2, 0.25) is 10.0 Å². The zero-order valence-electron chi connectivity index (χ0n) is 17.5. The second-order valence-corrected chi connectivity index (χ2v) is 11.3. The molecule has 0 saturated carbocycles. The largest absolute Gasteiger partial charge is 0.480 e. The van der Waals surface area contributed by atoms with Crippen molar-refractivity contribution >= 4 is 54.9 Å². The van der Waals surface area contributed by atoms with Crippen LogP contribution >= 0.6 is 39.1 Å². The van der Waals surface area contributed by atoms with E-state index in [1.807, 2.05) is 0 Å². The molecule has 0 aliphatic heterocycles. The van der Waals surface area contributed by atoms with Crippen LogP contribution < -0.4 is 10.1 Å². The normalized spacial score (nSPS) is 15.7. The lowest BCUT2D eigenvalue weighted by atomic mass is 9.93. The number of aromatic nitrogens is 3. The molecule has 2 heterocycles.